The van der Waals surface area contributed by atoms with Crippen molar-refractivity contribution in [3.63, 3.8) is 0 Å². The molecule has 8 heteroatoms. The van der Waals surface area contributed by atoms with Crippen molar-refractivity contribution in [1.82, 2.24) is 10.6 Å². The van der Waals surface area contributed by atoms with Gasteiger partial charge in [0, 0.05) is 18.3 Å². The van der Waals surface area contributed by atoms with Crippen molar-refractivity contribution in [2.24, 2.45) is 0 Å². The van der Waals surface area contributed by atoms with Crippen molar-refractivity contribution in [1.29, 1.82) is 0 Å². The van der Waals surface area contributed by atoms with Gasteiger partial charge in [0.15, 0.2) is 6.10 Å². The molecule has 148 valence electrons. The lowest BCUT2D eigenvalue weighted by molar-refractivity contribution is -0.127. The van der Waals surface area contributed by atoms with Crippen LogP contribution in [0.1, 0.15) is 49.4 Å². The van der Waals surface area contributed by atoms with E-state index in [9.17, 15) is 14.4 Å². The smallest absolute Gasteiger partial charge is 0.341 e. The van der Waals surface area contributed by atoms with E-state index >= 15 is 0 Å². The number of carbonyl (C=O) groups is 3. The SMILES string of the molecule is C[C@@H](OC(=O)c1ccccc1NCCO)C(=O)NC(=O)NC1CCCCC1. The second-order valence-corrected chi connectivity index (χ2v) is 6.54. The molecule has 3 amide bonds. The Kier molecular flexibility index (Phi) is 8.06. The lowest BCUT2D eigenvalue weighted by atomic mass is 9.96. The number of aliphatic hydroxyl groups is 1. The number of aliphatic hydroxyl groups excluding tert-OH is 1. The number of urea groups is 1. The molecule has 27 heavy (non-hydrogen) atoms. The second-order valence-electron chi connectivity index (χ2n) is 6.54. The molecule has 1 aliphatic rings. The lowest BCUT2D eigenvalue weighted by Gasteiger charge is -2.23. The molecule has 0 heterocycles. The summed E-state index contributed by atoms with van der Waals surface area (Å²) < 4.78 is 5.18. The molecule has 1 fully saturated rings. The number of para-hydroxylation sites is 1. The third-order valence-electron chi connectivity index (χ3n) is 4.40. The van der Waals surface area contributed by atoms with E-state index in [2.05, 4.69) is 16.0 Å². The van der Waals surface area contributed by atoms with Crippen molar-refractivity contribution in [2.45, 2.75) is 51.2 Å². The molecule has 1 saturated carbocycles. The zero-order valence-corrected chi connectivity index (χ0v) is 15.5. The molecule has 0 aromatic heterocycles. The van der Waals surface area contributed by atoms with E-state index in [1.807, 2.05) is 0 Å². The molecule has 1 atom stereocenters. The lowest BCUT2D eigenvalue weighted by Crippen LogP contribution is -2.48. The highest BCUT2D eigenvalue weighted by atomic mass is 16.5. The Morgan fingerprint density at radius 1 is 1.19 bits per heavy atom. The van der Waals surface area contributed by atoms with E-state index < -0.39 is 24.0 Å². The predicted octanol–water partition coefficient (Wildman–Crippen LogP) is 1.79. The van der Waals surface area contributed by atoms with Crippen molar-refractivity contribution < 1.29 is 24.2 Å². The molecule has 1 aromatic carbocycles. The van der Waals surface area contributed by atoms with Gasteiger partial charge in [-0.1, -0.05) is 31.4 Å². The van der Waals surface area contributed by atoms with Crippen LogP contribution in [0.25, 0.3) is 0 Å². The predicted molar refractivity (Wildman–Crippen MR) is 100 cm³/mol. The summed E-state index contributed by atoms with van der Waals surface area (Å²) in [4.78, 5) is 36.4. The molecule has 0 spiro atoms. The van der Waals surface area contributed by atoms with Gasteiger partial charge in [-0.2, -0.15) is 0 Å². The maximum atomic E-state index is 12.3. The van der Waals surface area contributed by atoms with Crippen LogP contribution in [0.3, 0.4) is 0 Å². The average molecular weight is 377 g/mol. The fourth-order valence-electron chi connectivity index (χ4n) is 2.97. The molecule has 4 N–H and O–H groups in total. The highest BCUT2D eigenvalue weighted by molar-refractivity contribution is 6.00. The van der Waals surface area contributed by atoms with E-state index in [-0.39, 0.29) is 24.8 Å². The number of hydrogen-bond donors (Lipinski definition) is 4. The number of ether oxygens (including phenoxy) is 1. The molecule has 2 rings (SSSR count). The summed E-state index contributed by atoms with van der Waals surface area (Å²) in [5.41, 5.74) is 0.747. The molecule has 0 unspecified atom stereocenters. The fraction of sp³-hybridized carbons (Fsp3) is 0.526. The van der Waals surface area contributed by atoms with Crippen LogP contribution in [-0.2, 0) is 9.53 Å². The third kappa shape index (κ3) is 6.56. The second kappa shape index (κ2) is 10.5. The van der Waals surface area contributed by atoms with Gasteiger partial charge in [-0.3, -0.25) is 10.1 Å². The van der Waals surface area contributed by atoms with E-state index in [1.165, 1.54) is 13.3 Å². The Bertz CT molecular complexity index is 659. The minimum absolute atomic E-state index is 0.0777. The number of carbonyl (C=O) groups excluding carboxylic acids is 3. The van der Waals surface area contributed by atoms with Gasteiger partial charge in [0.1, 0.15) is 0 Å². The van der Waals surface area contributed by atoms with Gasteiger partial charge >= 0.3 is 12.0 Å². The maximum Gasteiger partial charge on any atom is 0.341 e. The van der Waals surface area contributed by atoms with Gasteiger partial charge in [0.25, 0.3) is 5.91 Å². The van der Waals surface area contributed by atoms with Crippen molar-refractivity contribution in [3.05, 3.63) is 29.8 Å². The van der Waals surface area contributed by atoms with Crippen LogP contribution in [-0.4, -0.2) is 48.3 Å². The number of anilines is 1. The van der Waals surface area contributed by atoms with E-state index in [0.29, 0.717) is 5.69 Å². The number of nitrogens with one attached hydrogen (secondary N) is 3. The zero-order valence-electron chi connectivity index (χ0n) is 15.5. The summed E-state index contributed by atoms with van der Waals surface area (Å²) in [6, 6.07) is 6.15. The molecule has 1 aromatic rings. The van der Waals surface area contributed by atoms with Gasteiger partial charge in [-0.25, -0.2) is 9.59 Å². The van der Waals surface area contributed by atoms with Crippen molar-refractivity contribution >= 4 is 23.6 Å². The first kappa shape index (κ1) is 20.7. The monoisotopic (exact) mass is 377 g/mol. The number of hydrogen-bond acceptors (Lipinski definition) is 6. The van der Waals surface area contributed by atoms with Crippen LogP contribution in [0.5, 0.6) is 0 Å². The molecule has 8 nitrogen and oxygen atoms in total. The number of rotatable bonds is 7. The standard InChI is InChI=1S/C19H27N3O5/c1-13(17(24)22-19(26)21-14-7-3-2-4-8-14)27-18(25)15-9-5-6-10-16(15)20-11-12-23/h5-6,9-10,13-14,20,23H,2-4,7-8,11-12H2,1H3,(H2,21,22,24,26)/t13-/m1/s1. The number of imide groups is 1. The topological polar surface area (TPSA) is 117 Å². The summed E-state index contributed by atoms with van der Waals surface area (Å²) in [5, 5.41) is 16.8. The highest BCUT2D eigenvalue weighted by Gasteiger charge is 2.23. The number of esters is 1. The third-order valence-corrected chi connectivity index (χ3v) is 4.40. The van der Waals surface area contributed by atoms with Crippen LogP contribution >= 0.6 is 0 Å². The summed E-state index contributed by atoms with van der Waals surface area (Å²) in [6.45, 7) is 1.60. The first-order chi connectivity index (χ1) is 13.0. The molecule has 0 aliphatic heterocycles. The zero-order chi connectivity index (χ0) is 19.6. The number of benzene rings is 1. The van der Waals surface area contributed by atoms with Gasteiger partial charge in [0.2, 0.25) is 0 Å². The van der Waals surface area contributed by atoms with Crippen LogP contribution in [0.2, 0.25) is 0 Å². The Labute approximate surface area is 158 Å². The molecule has 0 radical (unpaired) electrons. The quantitative estimate of drug-likeness (QED) is 0.538. The Morgan fingerprint density at radius 2 is 1.89 bits per heavy atom. The van der Waals surface area contributed by atoms with Gasteiger partial charge in [0.05, 0.1) is 12.2 Å². The Balaban J connectivity index is 1.86. The van der Waals surface area contributed by atoms with Crippen molar-refractivity contribution in [3.8, 4) is 0 Å². The first-order valence-electron chi connectivity index (χ1n) is 9.27. The fourth-order valence-corrected chi connectivity index (χ4v) is 2.97. The van der Waals surface area contributed by atoms with E-state index in [1.54, 1.807) is 24.3 Å². The van der Waals surface area contributed by atoms with Gasteiger partial charge in [-0.15, -0.1) is 0 Å². The molecular weight excluding hydrogens is 350 g/mol. The Hall–Kier alpha value is -2.61. The normalized spacial score (nSPS) is 15.5. The minimum atomic E-state index is -1.12. The molecule has 1 aliphatic carbocycles. The van der Waals surface area contributed by atoms with Crippen LogP contribution in [0.4, 0.5) is 10.5 Å². The Morgan fingerprint density at radius 3 is 2.59 bits per heavy atom. The summed E-state index contributed by atoms with van der Waals surface area (Å²) >= 11 is 0. The van der Waals surface area contributed by atoms with Crippen LogP contribution < -0.4 is 16.0 Å². The summed E-state index contributed by atoms with van der Waals surface area (Å²) in [6.07, 6.45) is 3.99. The van der Waals surface area contributed by atoms with Crippen molar-refractivity contribution in [2.75, 3.05) is 18.5 Å². The van der Waals surface area contributed by atoms with Gasteiger partial charge in [-0.05, 0) is 31.9 Å². The first-order valence-corrected chi connectivity index (χ1v) is 9.27. The van der Waals surface area contributed by atoms with E-state index in [4.69, 9.17) is 9.84 Å². The maximum absolute atomic E-state index is 12.3. The van der Waals surface area contributed by atoms with Crippen LogP contribution in [0, 0.1) is 0 Å². The molecule has 0 saturated heterocycles. The summed E-state index contributed by atoms with van der Waals surface area (Å²) in [7, 11) is 0. The van der Waals surface area contributed by atoms with E-state index in [0.717, 1.165) is 25.7 Å². The highest BCUT2D eigenvalue weighted by Crippen LogP contribution is 2.18. The molecule has 0 bridgehead atoms. The largest absolute Gasteiger partial charge is 0.449 e. The molecular formula is C19H27N3O5. The van der Waals surface area contributed by atoms with Gasteiger partial charge < -0.3 is 20.5 Å². The minimum Gasteiger partial charge on any atom is -0.449 e. The van der Waals surface area contributed by atoms with Crippen LogP contribution in [0.15, 0.2) is 24.3 Å². The number of amides is 3. The summed E-state index contributed by atoms with van der Waals surface area (Å²) in [5.74, 6) is -1.37. The average Bonchev–Trinajstić information content (AvgIpc) is 2.67.